The quantitative estimate of drug-likeness (QED) is 0.504. The largest absolute Gasteiger partial charge is 0.298 e. The first kappa shape index (κ1) is 13.1. The fraction of sp³-hybridized carbons (Fsp3) is 0.900. The third-order valence-corrected chi connectivity index (χ3v) is 10.8. The van der Waals surface area contributed by atoms with Crippen molar-refractivity contribution in [1.29, 1.82) is 0 Å². The number of aliphatic imine (C=N–C) groups is 1. The smallest absolute Gasteiger partial charge is 0.0693 e. The average Bonchev–Trinajstić information content (AvgIpc) is 1.77. The molecule has 78 valence electrons. The standard InChI is InChI=1S/C10H25NSi2/c1-9(2)11-10(12(3,4)5)13(6,7)8/h10H,1-8H3. The second-order valence-corrected chi connectivity index (χ2v) is 17.3. The molecule has 0 unspecified atom stereocenters. The third kappa shape index (κ3) is 4.76. The maximum absolute atomic E-state index is 4.86. The lowest BCUT2D eigenvalue weighted by Gasteiger charge is -2.35. The highest BCUT2D eigenvalue weighted by Crippen LogP contribution is 2.22. The van der Waals surface area contributed by atoms with E-state index in [2.05, 4.69) is 53.1 Å². The molecule has 13 heavy (non-hydrogen) atoms. The van der Waals surface area contributed by atoms with Crippen molar-refractivity contribution in [2.75, 3.05) is 0 Å². The van der Waals surface area contributed by atoms with Crippen LogP contribution in [0.1, 0.15) is 13.8 Å². The molecule has 0 saturated heterocycles. The summed E-state index contributed by atoms with van der Waals surface area (Å²) in [5.74, 6) is 0. The van der Waals surface area contributed by atoms with Gasteiger partial charge in [0.25, 0.3) is 0 Å². The summed E-state index contributed by atoms with van der Waals surface area (Å²) in [5.41, 5.74) is 1.25. The Balaban J connectivity index is 4.90. The SMILES string of the molecule is CC(C)=NC([Si](C)(C)C)[Si](C)(C)C. The first-order valence-corrected chi connectivity index (χ1v) is 12.2. The Morgan fingerprint density at radius 1 is 0.846 bits per heavy atom. The highest BCUT2D eigenvalue weighted by molar-refractivity contribution is 6.96. The minimum atomic E-state index is -1.11. The molecule has 0 aliphatic rings. The molecule has 0 spiro atoms. The first-order chi connectivity index (χ1) is 5.55. The second kappa shape index (κ2) is 4.09. The molecule has 0 atom stereocenters. The predicted octanol–water partition coefficient (Wildman–Crippen LogP) is 3.59. The van der Waals surface area contributed by atoms with E-state index in [0.29, 0.717) is 5.29 Å². The van der Waals surface area contributed by atoms with E-state index >= 15 is 0 Å². The molecule has 3 heteroatoms. The lowest BCUT2D eigenvalue weighted by molar-refractivity contribution is 1.11. The van der Waals surface area contributed by atoms with Crippen LogP contribution >= 0.6 is 0 Å². The van der Waals surface area contributed by atoms with E-state index in [0.717, 1.165) is 0 Å². The van der Waals surface area contributed by atoms with Crippen molar-refractivity contribution in [3.8, 4) is 0 Å². The van der Waals surface area contributed by atoms with Crippen LogP contribution in [0.2, 0.25) is 39.3 Å². The van der Waals surface area contributed by atoms with Gasteiger partial charge in [0.2, 0.25) is 0 Å². The Morgan fingerprint density at radius 3 is 1.23 bits per heavy atom. The zero-order valence-electron chi connectivity index (χ0n) is 10.5. The molecule has 0 aliphatic heterocycles. The minimum Gasteiger partial charge on any atom is -0.298 e. The predicted molar refractivity (Wildman–Crippen MR) is 69.3 cm³/mol. The van der Waals surface area contributed by atoms with Gasteiger partial charge in [0, 0.05) is 11.0 Å². The zero-order valence-corrected chi connectivity index (χ0v) is 12.5. The van der Waals surface area contributed by atoms with E-state index in [-0.39, 0.29) is 0 Å². The Hall–Kier alpha value is 0.104. The van der Waals surface area contributed by atoms with Crippen LogP contribution in [-0.4, -0.2) is 27.1 Å². The molecule has 1 nitrogen and oxygen atoms in total. The first-order valence-electron chi connectivity index (χ1n) is 5.06. The summed E-state index contributed by atoms with van der Waals surface area (Å²) in [4.78, 5) is 4.86. The molecule has 0 aromatic rings. The van der Waals surface area contributed by atoms with Crippen LogP contribution in [-0.2, 0) is 0 Å². The number of rotatable bonds is 3. The molecule has 0 amide bonds. The average molecular weight is 215 g/mol. The van der Waals surface area contributed by atoms with E-state index < -0.39 is 16.1 Å². The fourth-order valence-corrected chi connectivity index (χ4v) is 13.6. The van der Waals surface area contributed by atoms with Gasteiger partial charge in [0.15, 0.2) is 0 Å². The van der Waals surface area contributed by atoms with Crippen molar-refractivity contribution in [3.05, 3.63) is 0 Å². The molecule has 0 N–H and O–H groups in total. The lowest BCUT2D eigenvalue weighted by Crippen LogP contribution is -2.53. The summed E-state index contributed by atoms with van der Waals surface area (Å²) >= 11 is 0. The van der Waals surface area contributed by atoms with Gasteiger partial charge in [0.1, 0.15) is 0 Å². The van der Waals surface area contributed by atoms with Crippen LogP contribution in [0.3, 0.4) is 0 Å². The molecular formula is C10H25NSi2. The number of hydrogen-bond donors (Lipinski definition) is 0. The van der Waals surface area contributed by atoms with Crippen molar-refractivity contribution < 1.29 is 0 Å². The molecule has 0 aliphatic carbocycles. The maximum atomic E-state index is 4.86. The summed E-state index contributed by atoms with van der Waals surface area (Å²) < 4.78 is 0. The lowest BCUT2D eigenvalue weighted by atomic mass is 10.5. The minimum absolute atomic E-state index is 0.671. The Bertz CT molecular complexity index is 178. The second-order valence-electron chi connectivity index (χ2n) is 6.21. The number of nitrogens with zero attached hydrogens (tertiary/aromatic N) is 1. The van der Waals surface area contributed by atoms with Crippen LogP contribution in [0.4, 0.5) is 0 Å². The van der Waals surface area contributed by atoms with Crippen molar-refractivity contribution in [2.24, 2.45) is 4.99 Å². The summed E-state index contributed by atoms with van der Waals surface area (Å²) in [7, 11) is -2.22. The van der Waals surface area contributed by atoms with Crippen molar-refractivity contribution in [3.63, 3.8) is 0 Å². The van der Waals surface area contributed by atoms with Crippen LogP contribution in [0.5, 0.6) is 0 Å². The summed E-state index contributed by atoms with van der Waals surface area (Å²) in [5, 5.41) is 0.671. The van der Waals surface area contributed by atoms with Crippen molar-refractivity contribution >= 4 is 21.9 Å². The molecule has 0 aromatic carbocycles. The van der Waals surface area contributed by atoms with Gasteiger partial charge in [-0.05, 0) is 13.8 Å². The normalized spacial score (nSPS) is 13.3. The van der Waals surface area contributed by atoms with E-state index in [1.54, 1.807) is 0 Å². The van der Waals surface area contributed by atoms with E-state index in [4.69, 9.17) is 4.99 Å². The van der Waals surface area contributed by atoms with E-state index in [9.17, 15) is 0 Å². The molecule has 0 saturated carbocycles. The van der Waals surface area contributed by atoms with Gasteiger partial charge < -0.3 is 0 Å². The van der Waals surface area contributed by atoms with Gasteiger partial charge >= 0.3 is 0 Å². The van der Waals surface area contributed by atoms with Gasteiger partial charge in [-0.3, -0.25) is 4.99 Å². The summed E-state index contributed by atoms with van der Waals surface area (Å²) in [6, 6.07) is 0. The van der Waals surface area contributed by atoms with Crippen molar-refractivity contribution in [2.45, 2.75) is 58.4 Å². The summed E-state index contributed by atoms with van der Waals surface area (Å²) in [6.45, 7) is 18.8. The topological polar surface area (TPSA) is 12.4 Å². The highest BCUT2D eigenvalue weighted by Gasteiger charge is 2.37. The van der Waals surface area contributed by atoms with Gasteiger partial charge in [0.05, 0.1) is 16.1 Å². The monoisotopic (exact) mass is 215 g/mol. The van der Waals surface area contributed by atoms with Gasteiger partial charge in [-0.15, -0.1) is 0 Å². The van der Waals surface area contributed by atoms with Gasteiger partial charge in [-0.2, -0.15) is 0 Å². The summed E-state index contributed by atoms with van der Waals surface area (Å²) in [6.07, 6.45) is 0. The third-order valence-electron chi connectivity index (χ3n) is 2.03. The molecule has 0 bridgehead atoms. The Morgan fingerprint density at radius 2 is 1.15 bits per heavy atom. The van der Waals surface area contributed by atoms with E-state index in [1.807, 2.05) is 0 Å². The zero-order chi connectivity index (χ0) is 10.9. The molecular weight excluding hydrogens is 190 g/mol. The molecule has 0 heterocycles. The van der Waals surface area contributed by atoms with Crippen LogP contribution < -0.4 is 0 Å². The van der Waals surface area contributed by atoms with Crippen molar-refractivity contribution in [1.82, 2.24) is 0 Å². The maximum Gasteiger partial charge on any atom is 0.0693 e. The van der Waals surface area contributed by atoms with Crippen LogP contribution in [0, 0.1) is 0 Å². The molecule has 0 radical (unpaired) electrons. The van der Waals surface area contributed by atoms with Crippen LogP contribution in [0.25, 0.3) is 0 Å². The Labute approximate surface area is 85.7 Å². The highest BCUT2D eigenvalue weighted by atomic mass is 28.4. The fourth-order valence-electron chi connectivity index (χ4n) is 1.94. The molecule has 0 aromatic heterocycles. The number of hydrogen-bond acceptors (Lipinski definition) is 1. The molecule has 0 fully saturated rings. The Kier molecular flexibility index (Phi) is 4.12. The van der Waals surface area contributed by atoms with Crippen LogP contribution in [0.15, 0.2) is 4.99 Å². The van der Waals surface area contributed by atoms with Gasteiger partial charge in [-0.25, -0.2) is 0 Å². The molecule has 0 rings (SSSR count). The van der Waals surface area contributed by atoms with Gasteiger partial charge in [-0.1, -0.05) is 39.3 Å². The van der Waals surface area contributed by atoms with E-state index in [1.165, 1.54) is 5.71 Å².